The second-order valence-corrected chi connectivity index (χ2v) is 8.97. The van der Waals surface area contributed by atoms with Crippen molar-refractivity contribution in [3.63, 3.8) is 0 Å². The molecule has 0 aliphatic carbocycles. The summed E-state index contributed by atoms with van der Waals surface area (Å²) in [5.41, 5.74) is 10.6. The van der Waals surface area contributed by atoms with Crippen LogP contribution in [0.3, 0.4) is 0 Å². The SMILES string of the molecule is Cc1c(Cc2ccc(C(C)C)cc2)c2c(c(C)c1NCc1ccccc1)C(C)CO2. The highest BCUT2D eigenvalue weighted by Gasteiger charge is 2.29. The van der Waals surface area contributed by atoms with Crippen LogP contribution in [0.4, 0.5) is 5.69 Å². The summed E-state index contributed by atoms with van der Waals surface area (Å²) in [6.45, 7) is 12.8. The first-order chi connectivity index (χ1) is 14.5. The summed E-state index contributed by atoms with van der Waals surface area (Å²) < 4.78 is 6.23. The van der Waals surface area contributed by atoms with Crippen LogP contribution in [0, 0.1) is 13.8 Å². The van der Waals surface area contributed by atoms with Crippen LogP contribution in [0.25, 0.3) is 0 Å². The molecule has 1 aliphatic rings. The summed E-state index contributed by atoms with van der Waals surface area (Å²) in [6, 6.07) is 19.7. The van der Waals surface area contributed by atoms with E-state index in [1.807, 2.05) is 0 Å². The number of hydrogen-bond acceptors (Lipinski definition) is 2. The third-order valence-corrected chi connectivity index (χ3v) is 6.44. The van der Waals surface area contributed by atoms with Gasteiger partial charge in [-0.2, -0.15) is 0 Å². The number of benzene rings is 3. The van der Waals surface area contributed by atoms with Gasteiger partial charge in [-0.1, -0.05) is 75.4 Å². The lowest BCUT2D eigenvalue weighted by atomic mass is 9.88. The minimum atomic E-state index is 0.431. The molecule has 1 N–H and O–H groups in total. The fourth-order valence-corrected chi connectivity index (χ4v) is 4.61. The predicted octanol–water partition coefficient (Wildman–Crippen LogP) is 7.13. The lowest BCUT2D eigenvalue weighted by Gasteiger charge is -2.21. The van der Waals surface area contributed by atoms with E-state index in [1.54, 1.807) is 0 Å². The van der Waals surface area contributed by atoms with Gasteiger partial charge in [-0.3, -0.25) is 0 Å². The number of fused-ring (bicyclic) bond motifs is 1. The molecule has 0 saturated heterocycles. The number of rotatable bonds is 6. The molecule has 0 spiro atoms. The van der Waals surface area contributed by atoms with E-state index in [0.717, 1.165) is 25.3 Å². The normalized spacial score (nSPS) is 15.2. The zero-order valence-electron chi connectivity index (χ0n) is 18.9. The van der Waals surface area contributed by atoms with Gasteiger partial charge in [-0.25, -0.2) is 0 Å². The zero-order valence-corrected chi connectivity index (χ0v) is 18.9. The highest BCUT2D eigenvalue weighted by Crippen LogP contribution is 2.45. The zero-order chi connectivity index (χ0) is 21.3. The van der Waals surface area contributed by atoms with Gasteiger partial charge in [-0.05, 0) is 47.6 Å². The summed E-state index contributed by atoms with van der Waals surface area (Å²) in [5.74, 6) is 2.11. The third-order valence-electron chi connectivity index (χ3n) is 6.44. The van der Waals surface area contributed by atoms with Gasteiger partial charge in [0.15, 0.2) is 0 Å². The second-order valence-electron chi connectivity index (χ2n) is 8.97. The van der Waals surface area contributed by atoms with E-state index in [9.17, 15) is 0 Å². The maximum absolute atomic E-state index is 6.23. The largest absolute Gasteiger partial charge is 0.492 e. The van der Waals surface area contributed by atoms with Gasteiger partial charge in [0.05, 0.1) is 6.61 Å². The number of ether oxygens (including phenoxy) is 1. The van der Waals surface area contributed by atoms with Crippen molar-refractivity contribution in [2.75, 3.05) is 11.9 Å². The van der Waals surface area contributed by atoms with Crippen LogP contribution < -0.4 is 10.1 Å². The summed E-state index contributed by atoms with van der Waals surface area (Å²) in [6.07, 6.45) is 0.902. The van der Waals surface area contributed by atoms with E-state index in [1.165, 1.54) is 44.6 Å². The van der Waals surface area contributed by atoms with E-state index in [0.29, 0.717) is 11.8 Å². The van der Waals surface area contributed by atoms with Crippen LogP contribution in [0.2, 0.25) is 0 Å². The van der Waals surface area contributed by atoms with Gasteiger partial charge < -0.3 is 10.1 Å². The number of anilines is 1. The first-order valence-electron chi connectivity index (χ1n) is 11.1. The molecule has 1 atom stereocenters. The molecule has 1 aliphatic heterocycles. The molecule has 156 valence electrons. The highest BCUT2D eigenvalue weighted by atomic mass is 16.5. The van der Waals surface area contributed by atoms with Gasteiger partial charge in [0, 0.05) is 35.7 Å². The molecule has 3 aromatic carbocycles. The number of hydrogen-bond donors (Lipinski definition) is 1. The lowest BCUT2D eigenvalue weighted by molar-refractivity contribution is 0.335. The summed E-state index contributed by atoms with van der Waals surface area (Å²) >= 11 is 0. The smallest absolute Gasteiger partial charge is 0.127 e. The third kappa shape index (κ3) is 3.96. The molecule has 30 heavy (non-hydrogen) atoms. The summed E-state index contributed by atoms with van der Waals surface area (Å²) in [4.78, 5) is 0. The molecule has 2 heteroatoms. The van der Waals surface area contributed by atoms with Crippen molar-refractivity contribution in [3.05, 3.63) is 93.5 Å². The maximum Gasteiger partial charge on any atom is 0.127 e. The Labute approximate surface area is 181 Å². The van der Waals surface area contributed by atoms with Crippen LogP contribution in [-0.2, 0) is 13.0 Å². The van der Waals surface area contributed by atoms with Crippen LogP contribution in [-0.4, -0.2) is 6.61 Å². The molecular weight excluding hydrogens is 366 g/mol. The maximum atomic E-state index is 6.23. The Kier molecular flexibility index (Phi) is 5.85. The second kappa shape index (κ2) is 8.55. The topological polar surface area (TPSA) is 21.3 Å². The van der Waals surface area contributed by atoms with Gasteiger partial charge in [0.2, 0.25) is 0 Å². The molecule has 0 amide bonds. The van der Waals surface area contributed by atoms with E-state index in [-0.39, 0.29) is 0 Å². The molecule has 1 heterocycles. The molecule has 0 radical (unpaired) electrons. The minimum absolute atomic E-state index is 0.431. The van der Waals surface area contributed by atoms with Crippen molar-refractivity contribution in [2.45, 2.75) is 59.4 Å². The van der Waals surface area contributed by atoms with Crippen molar-refractivity contribution >= 4 is 5.69 Å². The molecule has 2 nitrogen and oxygen atoms in total. The molecule has 0 fully saturated rings. The average molecular weight is 400 g/mol. The van der Waals surface area contributed by atoms with Crippen molar-refractivity contribution in [1.82, 2.24) is 0 Å². The van der Waals surface area contributed by atoms with Crippen LogP contribution in [0.5, 0.6) is 5.75 Å². The molecule has 3 aromatic rings. The predicted molar refractivity (Wildman–Crippen MR) is 127 cm³/mol. The Morgan fingerprint density at radius 1 is 0.933 bits per heavy atom. The molecule has 1 unspecified atom stereocenters. The van der Waals surface area contributed by atoms with Crippen molar-refractivity contribution in [2.24, 2.45) is 0 Å². The Morgan fingerprint density at radius 2 is 1.63 bits per heavy atom. The number of nitrogens with one attached hydrogen (secondary N) is 1. The van der Waals surface area contributed by atoms with Gasteiger partial charge >= 0.3 is 0 Å². The van der Waals surface area contributed by atoms with E-state index in [2.05, 4.69) is 94.5 Å². The standard InChI is InChI=1S/C28H33NO/c1-18(2)24-13-11-22(12-14-24)15-25-20(4)27(29-16-23-9-7-6-8-10-23)21(5)26-19(3)17-30-28(25)26/h6-14,18-19,29H,15-17H2,1-5H3. The first kappa shape index (κ1) is 20.5. The summed E-state index contributed by atoms with van der Waals surface area (Å²) in [5, 5.41) is 3.74. The van der Waals surface area contributed by atoms with E-state index < -0.39 is 0 Å². The van der Waals surface area contributed by atoms with Crippen molar-refractivity contribution in [3.8, 4) is 5.75 Å². The quantitative estimate of drug-likeness (QED) is 0.476. The summed E-state index contributed by atoms with van der Waals surface area (Å²) in [7, 11) is 0. The minimum Gasteiger partial charge on any atom is -0.492 e. The Hall–Kier alpha value is -2.74. The molecular formula is C28H33NO. The van der Waals surface area contributed by atoms with Gasteiger partial charge in [-0.15, -0.1) is 0 Å². The monoisotopic (exact) mass is 399 g/mol. The molecule has 4 rings (SSSR count). The van der Waals surface area contributed by atoms with Crippen molar-refractivity contribution in [1.29, 1.82) is 0 Å². The Balaban J connectivity index is 1.70. The fourth-order valence-electron chi connectivity index (χ4n) is 4.61. The average Bonchev–Trinajstić information content (AvgIpc) is 3.13. The highest BCUT2D eigenvalue weighted by molar-refractivity contribution is 5.70. The van der Waals surface area contributed by atoms with Gasteiger partial charge in [0.25, 0.3) is 0 Å². The molecule has 0 bridgehead atoms. The molecule has 0 aromatic heterocycles. The fraction of sp³-hybridized carbons (Fsp3) is 0.357. The lowest BCUT2D eigenvalue weighted by Crippen LogP contribution is -2.08. The van der Waals surface area contributed by atoms with Crippen LogP contribution in [0.15, 0.2) is 54.6 Å². The Bertz CT molecular complexity index is 1020. The van der Waals surface area contributed by atoms with E-state index in [4.69, 9.17) is 4.74 Å². The Morgan fingerprint density at radius 3 is 2.30 bits per heavy atom. The van der Waals surface area contributed by atoms with Gasteiger partial charge in [0.1, 0.15) is 5.75 Å². The van der Waals surface area contributed by atoms with Crippen molar-refractivity contribution < 1.29 is 4.74 Å². The van der Waals surface area contributed by atoms with Crippen LogP contribution >= 0.6 is 0 Å². The van der Waals surface area contributed by atoms with Crippen LogP contribution in [0.1, 0.15) is 71.6 Å². The first-order valence-corrected chi connectivity index (χ1v) is 11.1. The van der Waals surface area contributed by atoms with E-state index >= 15 is 0 Å². The molecule has 0 saturated carbocycles.